The first-order chi connectivity index (χ1) is 7.53. The Morgan fingerprint density at radius 2 is 2.25 bits per heavy atom. The summed E-state index contributed by atoms with van der Waals surface area (Å²) in [5.74, 6) is -0.169. The SMILES string of the molecule is C=CC[C@@]1(C)O[C@@H]1[C@H]1OC(=O)C(=C)[C@@H]1CC. The van der Waals surface area contributed by atoms with Gasteiger partial charge in [-0.1, -0.05) is 19.6 Å². The zero-order valence-corrected chi connectivity index (χ0v) is 9.86. The summed E-state index contributed by atoms with van der Waals surface area (Å²) in [5.41, 5.74) is 0.383. The Bertz CT molecular complexity index is 347. The van der Waals surface area contributed by atoms with Crippen LogP contribution in [0.3, 0.4) is 0 Å². The van der Waals surface area contributed by atoms with Crippen LogP contribution >= 0.6 is 0 Å². The highest BCUT2D eigenvalue weighted by Gasteiger charge is 2.60. The van der Waals surface area contributed by atoms with Crippen LogP contribution in [-0.2, 0) is 14.3 Å². The van der Waals surface area contributed by atoms with Gasteiger partial charge < -0.3 is 9.47 Å². The highest BCUT2D eigenvalue weighted by Crippen LogP contribution is 2.48. The van der Waals surface area contributed by atoms with Gasteiger partial charge in [-0.25, -0.2) is 4.79 Å². The molecule has 0 spiro atoms. The van der Waals surface area contributed by atoms with E-state index in [0.29, 0.717) is 5.57 Å². The van der Waals surface area contributed by atoms with E-state index in [1.54, 1.807) is 0 Å². The highest BCUT2D eigenvalue weighted by molar-refractivity contribution is 5.90. The summed E-state index contributed by atoms with van der Waals surface area (Å²) >= 11 is 0. The standard InChI is InChI=1S/C13H18O3/c1-5-7-13(4)11(16-13)10-9(6-2)8(3)12(14)15-10/h5,9-11H,1,3,6-7H2,2,4H3/t9-,10-,11+,13+/m0/s1. The fourth-order valence-corrected chi connectivity index (χ4v) is 2.50. The maximum absolute atomic E-state index is 11.5. The second-order valence-electron chi connectivity index (χ2n) is 4.75. The van der Waals surface area contributed by atoms with E-state index in [0.717, 1.165) is 12.8 Å². The van der Waals surface area contributed by atoms with Crippen LogP contribution in [0.4, 0.5) is 0 Å². The topological polar surface area (TPSA) is 38.8 Å². The van der Waals surface area contributed by atoms with Gasteiger partial charge in [0, 0.05) is 11.5 Å². The van der Waals surface area contributed by atoms with E-state index < -0.39 is 0 Å². The van der Waals surface area contributed by atoms with Gasteiger partial charge in [0.1, 0.15) is 12.2 Å². The lowest BCUT2D eigenvalue weighted by Crippen LogP contribution is -2.27. The van der Waals surface area contributed by atoms with Crippen molar-refractivity contribution in [2.75, 3.05) is 0 Å². The zero-order chi connectivity index (χ0) is 11.9. The van der Waals surface area contributed by atoms with E-state index >= 15 is 0 Å². The van der Waals surface area contributed by atoms with Gasteiger partial charge in [0.15, 0.2) is 0 Å². The van der Waals surface area contributed by atoms with E-state index in [1.165, 1.54) is 0 Å². The molecule has 0 amide bonds. The molecule has 0 aromatic rings. The smallest absolute Gasteiger partial charge is 0.334 e. The number of hydrogen-bond donors (Lipinski definition) is 0. The summed E-state index contributed by atoms with van der Waals surface area (Å²) in [6, 6.07) is 0. The number of carbonyl (C=O) groups is 1. The Morgan fingerprint density at radius 1 is 1.56 bits per heavy atom. The van der Waals surface area contributed by atoms with Crippen molar-refractivity contribution in [3.8, 4) is 0 Å². The van der Waals surface area contributed by atoms with Crippen molar-refractivity contribution < 1.29 is 14.3 Å². The number of carbonyl (C=O) groups excluding carboxylic acids is 1. The minimum Gasteiger partial charge on any atom is -0.455 e. The van der Waals surface area contributed by atoms with E-state index in [1.807, 2.05) is 19.9 Å². The van der Waals surface area contributed by atoms with Crippen LogP contribution < -0.4 is 0 Å². The van der Waals surface area contributed by atoms with Gasteiger partial charge in [-0.3, -0.25) is 0 Å². The summed E-state index contributed by atoms with van der Waals surface area (Å²) in [4.78, 5) is 11.5. The van der Waals surface area contributed by atoms with Crippen molar-refractivity contribution in [3.05, 3.63) is 24.8 Å². The molecular weight excluding hydrogens is 204 g/mol. The molecule has 0 aromatic heterocycles. The van der Waals surface area contributed by atoms with E-state index in [4.69, 9.17) is 9.47 Å². The number of hydrogen-bond acceptors (Lipinski definition) is 3. The molecule has 16 heavy (non-hydrogen) atoms. The molecule has 3 heteroatoms. The highest BCUT2D eigenvalue weighted by atomic mass is 16.6. The molecule has 2 aliphatic heterocycles. The van der Waals surface area contributed by atoms with Gasteiger partial charge in [0.05, 0.1) is 5.60 Å². The van der Waals surface area contributed by atoms with Crippen molar-refractivity contribution in [2.24, 2.45) is 5.92 Å². The van der Waals surface area contributed by atoms with E-state index in [2.05, 4.69) is 13.2 Å². The molecule has 0 bridgehead atoms. The van der Waals surface area contributed by atoms with Gasteiger partial charge in [-0.05, 0) is 19.8 Å². The third-order valence-corrected chi connectivity index (χ3v) is 3.58. The summed E-state index contributed by atoms with van der Waals surface area (Å²) in [7, 11) is 0. The molecule has 3 nitrogen and oxygen atoms in total. The first-order valence-corrected chi connectivity index (χ1v) is 5.72. The predicted octanol–water partition coefficient (Wildman–Crippen LogP) is 2.23. The van der Waals surface area contributed by atoms with Crippen LogP contribution in [0.2, 0.25) is 0 Å². The van der Waals surface area contributed by atoms with Crippen molar-refractivity contribution in [2.45, 2.75) is 44.5 Å². The normalized spacial score (nSPS) is 42.0. The second kappa shape index (κ2) is 3.74. The molecule has 2 rings (SSSR count). The summed E-state index contributed by atoms with van der Waals surface area (Å²) in [5, 5.41) is 0. The zero-order valence-electron chi connectivity index (χ0n) is 9.86. The molecular formula is C13H18O3. The lowest BCUT2D eigenvalue weighted by molar-refractivity contribution is -0.140. The Balaban J connectivity index is 2.09. The summed E-state index contributed by atoms with van der Waals surface area (Å²) in [6.45, 7) is 11.6. The molecule has 0 aromatic carbocycles. The minimum absolute atomic E-state index is 0.00125. The lowest BCUT2D eigenvalue weighted by atomic mass is 9.88. The molecule has 2 aliphatic rings. The fourth-order valence-electron chi connectivity index (χ4n) is 2.50. The van der Waals surface area contributed by atoms with Crippen LogP contribution in [0.1, 0.15) is 26.7 Å². The largest absolute Gasteiger partial charge is 0.455 e. The molecule has 4 atom stereocenters. The second-order valence-corrected chi connectivity index (χ2v) is 4.75. The molecule has 2 heterocycles. The maximum Gasteiger partial charge on any atom is 0.334 e. The Morgan fingerprint density at radius 3 is 2.81 bits per heavy atom. The maximum atomic E-state index is 11.5. The molecule has 0 N–H and O–H groups in total. The van der Waals surface area contributed by atoms with Crippen molar-refractivity contribution >= 4 is 5.97 Å². The Labute approximate surface area is 96.1 Å². The van der Waals surface area contributed by atoms with Gasteiger partial charge in [-0.15, -0.1) is 6.58 Å². The number of cyclic esters (lactones) is 1. The number of rotatable bonds is 4. The molecule has 2 saturated heterocycles. The molecule has 2 fully saturated rings. The van der Waals surface area contributed by atoms with Crippen LogP contribution in [0.5, 0.6) is 0 Å². The van der Waals surface area contributed by atoms with Crippen LogP contribution in [0, 0.1) is 5.92 Å². The molecule has 0 saturated carbocycles. The van der Waals surface area contributed by atoms with Crippen molar-refractivity contribution in [1.82, 2.24) is 0 Å². The van der Waals surface area contributed by atoms with Gasteiger partial charge in [0.2, 0.25) is 0 Å². The van der Waals surface area contributed by atoms with Gasteiger partial charge >= 0.3 is 5.97 Å². The molecule has 0 unspecified atom stereocenters. The van der Waals surface area contributed by atoms with Gasteiger partial charge in [0.25, 0.3) is 0 Å². The van der Waals surface area contributed by atoms with Crippen LogP contribution in [0.15, 0.2) is 24.8 Å². The Hall–Kier alpha value is -1.09. The quantitative estimate of drug-likeness (QED) is 0.317. The Kier molecular flexibility index (Phi) is 2.66. The predicted molar refractivity (Wildman–Crippen MR) is 60.9 cm³/mol. The average molecular weight is 222 g/mol. The fraction of sp³-hybridized carbons (Fsp3) is 0.615. The van der Waals surface area contributed by atoms with E-state index in [9.17, 15) is 4.79 Å². The molecule has 0 aliphatic carbocycles. The summed E-state index contributed by atoms with van der Waals surface area (Å²) < 4.78 is 11.0. The van der Waals surface area contributed by atoms with E-state index in [-0.39, 0.29) is 29.7 Å². The third kappa shape index (κ3) is 1.59. The summed E-state index contributed by atoms with van der Waals surface area (Å²) in [6.07, 6.45) is 3.33. The third-order valence-electron chi connectivity index (χ3n) is 3.58. The van der Waals surface area contributed by atoms with Gasteiger partial charge in [-0.2, -0.15) is 0 Å². The number of ether oxygens (including phenoxy) is 2. The minimum atomic E-state index is -0.270. The van der Waals surface area contributed by atoms with Crippen molar-refractivity contribution in [3.63, 3.8) is 0 Å². The van der Waals surface area contributed by atoms with Crippen LogP contribution in [-0.4, -0.2) is 23.8 Å². The average Bonchev–Trinajstić information content (AvgIpc) is 2.80. The molecule has 0 radical (unpaired) electrons. The monoisotopic (exact) mass is 222 g/mol. The van der Waals surface area contributed by atoms with Crippen LogP contribution in [0.25, 0.3) is 0 Å². The number of epoxide rings is 1. The van der Waals surface area contributed by atoms with Crippen molar-refractivity contribution in [1.29, 1.82) is 0 Å². The lowest BCUT2D eigenvalue weighted by Gasteiger charge is -2.15. The first-order valence-electron chi connectivity index (χ1n) is 5.72. The molecule has 88 valence electrons. The first kappa shape index (κ1) is 11.4. The number of esters is 1.